The molecular weight excluding hydrogens is 527 g/mol. The number of nitrogens with zero attached hydrogens (tertiary/aromatic N) is 5. The molecule has 0 aliphatic carbocycles. The van der Waals surface area contributed by atoms with Gasteiger partial charge in [-0.15, -0.1) is 0 Å². The first kappa shape index (κ1) is 30.9. The molecule has 1 N–H and O–H groups in total. The highest BCUT2D eigenvalue weighted by atomic mass is 19.1. The number of halogens is 1. The second-order valence-corrected chi connectivity index (χ2v) is 12.8. The molecule has 3 aliphatic rings. The molecule has 3 atom stereocenters. The summed E-state index contributed by atoms with van der Waals surface area (Å²) < 4.78 is 20.0. The Balaban J connectivity index is 0.00000423. The predicted molar refractivity (Wildman–Crippen MR) is 173 cm³/mol. The molecule has 3 heterocycles. The van der Waals surface area contributed by atoms with Crippen molar-refractivity contribution in [2.45, 2.75) is 83.6 Å². The first-order valence-corrected chi connectivity index (χ1v) is 16.0. The number of likely N-dealkylation sites (N-methyl/N-ethyl adjacent to an activating group) is 1. The van der Waals surface area contributed by atoms with Gasteiger partial charge in [0, 0.05) is 63.0 Å². The van der Waals surface area contributed by atoms with Gasteiger partial charge in [0.2, 0.25) is 0 Å². The minimum atomic E-state index is -0.181. The molecule has 0 spiro atoms. The smallest absolute Gasteiger partial charge is 0.124 e. The van der Waals surface area contributed by atoms with Crippen LogP contribution in [0.4, 0.5) is 15.8 Å². The lowest BCUT2D eigenvalue weighted by Gasteiger charge is -2.47. The van der Waals surface area contributed by atoms with E-state index in [9.17, 15) is 4.39 Å². The Morgan fingerprint density at radius 3 is 2.38 bits per heavy atom. The SMILES string of the molecule is CCCC(C1=Nc2ccc(N3CCC(c4ccc(F)cc4)(N(C)C)CC3)cc2COCN1CC)N1C[C@@H](C)N[C@@H](C)C1.[HH]. The van der Waals surface area contributed by atoms with Crippen LogP contribution < -0.4 is 10.2 Å². The van der Waals surface area contributed by atoms with E-state index in [0.717, 1.165) is 75.5 Å². The number of hydrogen-bond acceptors (Lipinski definition) is 7. The summed E-state index contributed by atoms with van der Waals surface area (Å²) in [6.45, 7) is 15.0. The number of benzene rings is 2. The van der Waals surface area contributed by atoms with E-state index in [2.05, 4.69) is 84.9 Å². The Morgan fingerprint density at radius 2 is 1.76 bits per heavy atom. The van der Waals surface area contributed by atoms with Crippen molar-refractivity contribution in [3.8, 4) is 0 Å². The molecular formula is C34H53FN6O. The van der Waals surface area contributed by atoms with Gasteiger partial charge in [-0.25, -0.2) is 9.38 Å². The Kier molecular flexibility index (Phi) is 9.88. The number of nitrogens with one attached hydrogen (secondary N) is 1. The van der Waals surface area contributed by atoms with Crippen molar-refractivity contribution in [3.05, 3.63) is 59.4 Å². The summed E-state index contributed by atoms with van der Waals surface area (Å²) in [6, 6.07) is 15.0. The number of anilines is 1. The fourth-order valence-electron chi connectivity index (χ4n) is 7.32. The fraction of sp³-hybridized carbons (Fsp3) is 0.618. The largest absolute Gasteiger partial charge is 0.371 e. The number of piperazine rings is 1. The third-order valence-corrected chi connectivity index (χ3v) is 9.59. The van der Waals surface area contributed by atoms with Crippen LogP contribution in [0.3, 0.4) is 0 Å². The van der Waals surface area contributed by atoms with E-state index in [1.54, 1.807) is 12.1 Å². The minimum Gasteiger partial charge on any atom is -0.371 e. The second-order valence-electron chi connectivity index (χ2n) is 12.8. The molecule has 42 heavy (non-hydrogen) atoms. The van der Waals surface area contributed by atoms with Gasteiger partial charge >= 0.3 is 0 Å². The van der Waals surface area contributed by atoms with Crippen molar-refractivity contribution in [2.24, 2.45) is 4.99 Å². The minimum absolute atomic E-state index is 0. The van der Waals surface area contributed by atoms with Gasteiger partial charge in [-0.1, -0.05) is 25.5 Å². The van der Waals surface area contributed by atoms with E-state index in [-0.39, 0.29) is 18.8 Å². The van der Waals surface area contributed by atoms with Crippen LogP contribution in [0.5, 0.6) is 0 Å². The molecule has 0 amide bonds. The zero-order valence-corrected chi connectivity index (χ0v) is 26.6. The molecule has 1 unspecified atom stereocenters. The highest BCUT2D eigenvalue weighted by Crippen LogP contribution is 2.39. The molecule has 5 rings (SSSR count). The maximum atomic E-state index is 13.7. The third-order valence-electron chi connectivity index (χ3n) is 9.59. The zero-order valence-electron chi connectivity index (χ0n) is 26.6. The summed E-state index contributed by atoms with van der Waals surface area (Å²) in [5.41, 5.74) is 4.50. The molecule has 0 bridgehead atoms. The molecule has 0 aromatic heterocycles. The van der Waals surface area contributed by atoms with Crippen molar-refractivity contribution in [1.29, 1.82) is 0 Å². The van der Waals surface area contributed by atoms with Gasteiger partial charge in [-0.05, 0) is 90.0 Å². The third kappa shape index (κ3) is 6.52. The van der Waals surface area contributed by atoms with Crippen molar-refractivity contribution < 1.29 is 10.6 Å². The lowest BCUT2D eigenvalue weighted by molar-refractivity contribution is 0.0474. The van der Waals surface area contributed by atoms with E-state index >= 15 is 0 Å². The first-order chi connectivity index (χ1) is 20.2. The molecule has 2 aromatic carbocycles. The van der Waals surface area contributed by atoms with Gasteiger partial charge in [0.1, 0.15) is 18.4 Å². The monoisotopic (exact) mass is 580 g/mol. The molecule has 2 saturated heterocycles. The summed E-state index contributed by atoms with van der Waals surface area (Å²) in [5.74, 6) is 0.960. The van der Waals surface area contributed by atoms with Crippen LogP contribution in [0.2, 0.25) is 0 Å². The summed E-state index contributed by atoms with van der Waals surface area (Å²) >= 11 is 0. The lowest BCUT2D eigenvalue weighted by atomic mass is 9.79. The zero-order chi connectivity index (χ0) is 29.9. The summed E-state index contributed by atoms with van der Waals surface area (Å²) in [6.07, 6.45) is 4.15. The number of hydrogen-bond donors (Lipinski definition) is 1. The van der Waals surface area contributed by atoms with E-state index in [0.29, 0.717) is 25.4 Å². The quantitative estimate of drug-likeness (QED) is 0.425. The molecule has 8 heteroatoms. The topological polar surface area (TPSA) is 46.6 Å². The van der Waals surface area contributed by atoms with Gasteiger partial charge < -0.3 is 19.9 Å². The number of amidine groups is 1. The summed E-state index contributed by atoms with van der Waals surface area (Å²) in [4.78, 5) is 15.2. The fourth-order valence-corrected chi connectivity index (χ4v) is 7.32. The number of rotatable bonds is 8. The highest BCUT2D eigenvalue weighted by Gasteiger charge is 2.38. The van der Waals surface area contributed by atoms with Crippen molar-refractivity contribution >= 4 is 17.2 Å². The van der Waals surface area contributed by atoms with E-state index in [4.69, 9.17) is 9.73 Å². The van der Waals surface area contributed by atoms with Gasteiger partial charge in [-0.2, -0.15) is 0 Å². The first-order valence-electron chi connectivity index (χ1n) is 16.0. The lowest BCUT2D eigenvalue weighted by Crippen LogP contribution is -2.60. The summed E-state index contributed by atoms with van der Waals surface area (Å²) in [7, 11) is 4.29. The number of ether oxygens (including phenoxy) is 1. The Hall–Kier alpha value is -2.52. The van der Waals surface area contributed by atoms with Crippen LogP contribution in [-0.4, -0.2) is 92.2 Å². The average molecular weight is 581 g/mol. The highest BCUT2D eigenvalue weighted by molar-refractivity contribution is 5.90. The van der Waals surface area contributed by atoms with Crippen LogP contribution in [-0.2, 0) is 16.9 Å². The molecule has 0 radical (unpaired) electrons. The predicted octanol–water partition coefficient (Wildman–Crippen LogP) is 5.82. The molecule has 3 aliphatic heterocycles. The number of aliphatic imine (C=N–C) groups is 1. The van der Waals surface area contributed by atoms with Crippen molar-refractivity contribution in [2.75, 3.05) is 58.4 Å². The molecule has 232 valence electrons. The van der Waals surface area contributed by atoms with Gasteiger partial charge in [0.25, 0.3) is 0 Å². The maximum absolute atomic E-state index is 13.7. The van der Waals surface area contributed by atoms with Gasteiger partial charge in [0.05, 0.1) is 18.3 Å². The number of fused-ring (bicyclic) bond motifs is 1. The van der Waals surface area contributed by atoms with Crippen molar-refractivity contribution in [1.82, 2.24) is 20.0 Å². The Morgan fingerprint density at radius 1 is 1.07 bits per heavy atom. The van der Waals surface area contributed by atoms with E-state index in [1.807, 2.05) is 12.1 Å². The van der Waals surface area contributed by atoms with Crippen LogP contribution in [0, 0.1) is 5.82 Å². The molecule has 7 nitrogen and oxygen atoms in total. The normalized spacial score (nSPS) is 24.1. The standard InChI is InChI=1S/C34H51FN6O.H2/c1-7-9-32(41-21-25(3)36-26(4)22-41)33-37-31-15-14-30(20-27(31)23-42-24-39(33)8-2)40-18-16-34(17-19-40,38(5)6)28-10-12-29(35)13-11-28;/h10-15,20,25-26,32,36H,7-9,16-19,21-24H2,1-6H3;1H/t25-,26+,32?;. The van der Waals surface area contributed by atoms with Crippen molar-refractivity contribution in [3.63, 3.8) is 0 Å². The molecule has 0 saturated carbocycles. The van der Waals surface area contributed by atoms with Crippen LogP contribution in [0.25, 0.3) is 0 Å². The molecule has 2 aromatic rings. The van der Waals surface area contributed by atoms with E-state index < -0.39 is 0 Å². The Labute approximate surface area is 254 Å². The van der Waals surface area contributed by atoms with Crippen LogP contribution in [0.15, 0.2) is 47.5 Å². The van der Waals surface area contributed by atoms with Crippen LogP contribution in [0.1, 0.15) is 65.9 Å². The van der Waals surface area contributed by atoms with Gasteiger partial charge in [-0.3, -0.25) is 9.80 Å². The maximum Gasteiger partial charge on any atom is 0.124 e. The number of piperidine rings is 1. The van der Waals surface area contributed by atoms with Gasteiger partial charge in [0.15, 0.2) is 0 Å². The molecule has 2 fully saturated rings. The van der Waals surface area contributed by atoms with Crippen LogP contribution >= 0.6 is 0 Å². The Bertz CT molecular complexity index is 1210. The van der Waals surface area contributed by atoms with E-state index in [1.165, 1.54) is 11.3 Å². The second kappa shape index (κ2) is 13.4. The average Bonchev–Trinajstić information content (AvgIpc) is 2.96. The summed E-state index contributed by atoms with van der Waals surface area (Å²) in [5, 5.41) is 3.69.